The fourth-order valence-electron chi connectivity index (χ4n) is 2.39. The van der Waals surface area contributed by atoms with Crippen LogP contribution in [0.2, 0.25) is 0 Å². The number of aromatic nitrogens is 2. The Labute approximate surface area is 101 Å². The zero-order valence-corrected chi connectivity index (χ0v) is 10.2. The summed E-state index contributed by atoms with van der Waals surface area (Å²) in [6, 6.07) is 0. The third-order valence-electron chi connectivity index (χ3n) is 3.52. The van der Waals surface area contributed by atoms with Crippen LogP contribution in [0.1, 0.15) is 49.9 Å². The summed E-state index contributed by atoms with van der Waals surface area (Å²) < 4.78 is 11.1. The number of rotatable bonds is 5. The lowest BCUT2D eigenvalue weighted by atomic mass is 10.1. The van der Waals surface area contributed by atoms with Gasteiger partial charge in [0.05, 0.1) is 5.92 Å². The zero-order valence-electron chi connectivity index (χ0n) is 10.2. The van der Waals surface area contributed by atoms with Gasteiger partial charge in [0.2, 0.25) is 11.7 Å². The first-order valence-corrected chi connectivity index (χ1v) is 6.54. The largest absolute Gasteiger partial charge is 0.370 e. The van der Waals surface area contributed by atoms with E-state index in [1.165, 1.54) is 12.8 Å². The average Bonchev–Trinajstić information content (AvgIpc) is 2.84. The van der Waals surface area contributed by atoms with Gasteiger partial charge in [0, 0.05) is 13.2 Å². The molecule has 0 bridgehead atoms. The van der Waals surface area contributed by atoms with Crippen molar-refractivity contribution in [2.75, 3.05) is 19.7 Å². The first kappa shape index (κ1) is 11.2. The molecule has 17 heavy (non-hydrogen) atoms. The minimum absolute atomic E-state index is 0.0480. The molecule has 2 unspecified atom stereocenters. The molecule has 3 rings (SSSR count). The van der Waals surface area contributed by atoms with Gasteiger partial charge < -0.3 is 14.6 Å². The molecule has 94 valence electrons. The molecule has 5 nitrogen and oxygen atoms in total. The van der Waals surface area contributed by atoms with Crippen LogP contribution in [0.25, 0.3) is 0 Å². The predicted octanol–water partition coefficient (Wildman–Crippen LogP) is 1.63. The summed E-state index contributed by atoms with van der Waals surface area (Å²) >= 11 is 0. The van der Waals surface area contributed by atoms with Gasteiger partial charge in [-0.3, -0.25) is 0 Å². The number of nitrogens with one attached hydrogen (secondary N) is 1. The van der Waals surface area contributed by atoms with Crippen LogP contribution in [0.5, 0.6) is 0 Å². The second-order valence-corrected chi connectivity index (χ2v) is 4.89. The van der Waals surface area contributed by atoms with Crippen molar-refractivity contribution in [3.63, 3.8) is 0 Å². The van der Waals surface area contributed by atoms with E-state index in [1.54, 1.807) is 0 Å². The van der Waals surface area contributed by atoms with Crippen molar-refractivity contribution < 1.29 is 9.26 Å². The van der Waals surface area contributed by atoms with Crippen LogP contribution in [0.15, 0.2) is 4.52 Å². The van der Waals surface area contributed by atoms with E-state index in [0.717, 1.165) is 31.2 Å². The Hall–Kier alpha value is -0.940. The maximum atomic E-state index is 5.73. The zero-order chi connectivity index (χ0) is 11.7. The van der Waals surface area contributed by atoms with Gasteiger partial charge in [-0.15, -0.1) is 0 Å². The highest BCUT2D eigenvalue weighted by Gasteiger charge is 2.36. The third kappa shape index (κ3) is 2.35. The molecule has 0 radical (unpaired) electrons. The van der Waals surface area contributed by atoms with Gasteiger partial charge in [-0.05, 0) is 38.6 Å². The van der Waals surface area contributed by atoms with Crippen LogP contribution in [0.3, 0.4) is 0 Å². The van der Waals surface area contributed by atoms with E-state index in [-0.39, 0.29) is 6.10 Å². The molecule has 0 amide bonds. The lowest BCUT2D eigenvalue weighted by molar-refractivity contribution is 0.0384. The molecule has 1 aromatic rings. The first-order chi connectivity index (χ1) is 8.38. The van der Waals surface area contributed by atoms with Crippen molar-refractivity contribution >= 4 is 0 Å². The molecule has 1 saturated carbocycles. The lowest BCUT2D eigenvalue weighted by Gasteiger charge is -2.11. The molecule has 5 heteroatoms. The quantitative estimate of drug-likeness (QED) is 0.843. The maximum Gasteiger partial charge on any atom is 0.231 e. The van der Waals surface area contributed by atoms with Gasteiger partial charge in [0.25, 0.3) is 0 Å². The average molecular weight is 237 g/mol. The molecule has 2 atom stereocenters. The van der Waals surface area contributed by atoms with Crippen LogP contribution in [-0.4, -0.2) is 29.8 Å². The van der Waals surface area contributed by atoms with Crippen LogP contribution in [0.4, 0.5) is 0 Å². The summed E-state index contributed by atoms with van der Waals surface area (Å²) in [5.74, 6) is 2.51. The normalized spacial score (nSPS) is 26.3. The summed E-state index contributed by atoms with van der Waals surface area (Å²) in [6.07, 6.45) is 3.58. The highest BCUT2D eigenvalue weighted by molar-refractivity contribution is 5.02. The van der Waals surface area contributed by atoms with Crippen molar-refractivity contribution in [3.05, 3.63) is 11.7 Å². The predicted molar refractivity (Wildman–Crippen MR) is 61.6 cm³/mol. The fourth-order valence-corrected chi connectivity index (χ4v) is 2.39. The van der Waals surface area contributed by atoms with E-state index < -0.39 is 0 Å². The van der Waals surface area contributed by atoms with Crippen molar-refractivity contribution in [3.8, 4) is 0 Å². The monoisotopic (exact) mass is 237 g/mol. The van der Waals surface area contributed by atoms with Gasteiger partial charge in [-0.2, -0.15) is 4.98 Å². The molecule has 2 heterocycles. The highest BCUT2D eigenvalue weighted by atomic mass is 16.5. The Morgan fingerprint density at radius 1 is 1.47 bits per heavy atom. The molecule has 1 aliphatic heterocycles. The first-order valence-electron chi connectivity index (χ1n) is 6.54. The molecule has 0 spiro atoms. The van der Waals surface area contributed by atoms with Gasteiger partial charge in [-0.1, -0.05) is 5.16 Å². The van der Waals surface area contributed by atoms with E-state index in [2.05, 4.69) is 15.5 Å². The molecule has 2 fully saturated rings. The minimum atomic E-state index is 0.0480. The van der Waals surface area contributed by atoms with Crippen LogP contribution in [0, 0.1) is 5.92 Å². The van der Waals surface area contributed by atoms with Crippen LogP contribution >= 0.6 is 0 Å². The highest BCUT2D eigenvalue weighted by Crippen LogP contribution is 2.42. The molecule has 1 N–H and O–H groups in total. The van der Waals surface area contributed by atoms with E-state index in [4.69, 9.17) is 9.26 Å². The SMILES string of the molecule is CCOC(c1noc(C2CCNC2)n1)C1CC1. The minimum Gasteiger partial charge on any atom is -0.370 e. The molecule has 1 saturated heterocycles. The van der Waals surface area contributed by atoms with E-state index in [0.29, 0.717) is 18.4 Å². The topological polar surface area (TPSA) is 60.2 Å². The Morgan fingerprint density at radius 2 is 2.35 bits per heavy atom. The second kappa shape index (κ2) is 4.74. The number of ether oxygens (including phenoxy) is 1. The van der Waals surface area contributed by atoms with E-state index in [1.807, 2.05) is 6.92 Å². The van der Waals surface area contributed by atoms with E-state index >= 15 is 0 Å². The Bertz CT molecular complexity index is 370. The molecule has 2 aliphatic rings. The number of hydrogen-bond acceptors (Lipinski definition) is 5. The van der Waals surface area contributed by atoms with Crippen LogP contribution in [-0.2, 0) is 4.74 Å². The van der Waals surface area contributed by atoms with Crippen molar-refractivity contribution in [2.45, 2.75) is 38.2 Å². The van der Waals surface area contributed by atoms with Gasteiger partial charge in [-0.25, -0.2) is 0 Å². The van der Waals surface area contributed by atoms with Gasteiger partial charge in [0.15, 0.2) is 0 Å². The fraction of sp³-hybridized carbons (Fsp3) is 0.833. The number of hydrogen-bond donors (Lipinski definition) is 1. The van der Waals surface area contributed by atoms with Crippen LogP contribution < -0.4 is 5.32 Å². The molecule has 0 aromatic carbocycles. The second-order valence-electron chi connectivity index (χ2n) is 4.89. The summed E-state index contributed by atoms with van der Waals surface area (Å²) in [4.78, 5) is 4.53. The molecular formula is C12H19N3O2. The van der Waals surface area contributed by atoms with Crippen molar-refractivity contribution in [1.82, 2.24) is 15.5 Å². The van der Waals surface area contributed by atoms with Crippen molar-refractivity contribution in [1.29, 1.82) is 0 Å². The lowest BCUT2D eigenvalue weighted by Crippen LogP contribution is -2.10. The van der Waals surface area contributed by atoms with Gasteiger partial charge >= 0.3 is 0 Å². The molecule has 1 aromatic heterocycles. The van der Waals surface area contributed by atoms with Crippen molar-refractivity contribution in [2.24, 2.45) is 5.92 Å². The molecule has 1 aliphatic carbocycles. The number of nitrogens with zero attached hydrogens (tertiary/aromatic N) is 2. The Kier molecular flexibility index (Phi) is 3.11. The summed E-state index contributed by atoms with van der Waals surface area (Å²) in [6.45, 7) is 4.71. The van der Waals surface area contributed by atoms with E-state index in [9.17, 15) is 0 Å². The third-order valence-corrected chi connectivity index (χ3v) is 3.52. The van der Waals surface area contributed by atoms with Gasteiger partial charge in [0.1, 0.15) is 6.10 Å². The summed E-state index contributed by atoms with van der Waals surface area (Å²) in [5.41, 5.74) is 0. The Balaban J connectivity index is 1.73. The standard InChI is InChI=1S/C12H19N3O2/c1-2-16-10(8-3-4-8)11-14-12(17-15-11)9-5-6-13-7-9/h8-10,13H,2-7H2,1H3. The summed E-state index contributed by atoms with van der Waals surface area (Å²) in [7, 11) is 0. The summed E-state index contributed by atoms with van der Waals surface area (Å²) in [5, 5.41) is 7.41. The maximum absolute atomic E-state index is 5.73. The smallest absolute Gasteiger partial charge is 0.231 e. The molecular weight excluding hydrogens is 218 g/mol. The Morgan fingerprint density at radius 3 is 3.00 bits per heavy atom.